The minimum absolute atomic E-state index is 0.126. The van der Waals surface area contributed by atoms with Gasteiger partial charge in [0.25, 0.3) is 0 Å². The van der Waals surface area contributed by atoms with Crippen LogP contribution >= 0.6 is 0 Å². The number of carbonyl (C=O) groups is 1. The van der Waals surface area contributed by atoms with Crippen molar-refractivity contribution in [3.63, 3.8) is 0 Å². The zero-order valence-corrected chi connectivity index (χ0v) is 9.88. The van der Waals surface area contributed by atoms with Crippen LogP contribution in [0.25, 0.3) is 0 Å². The molecule has 0 saturated heterocycles. The molecule has 88 valence electrons. The summed E-state index contributed by atoms with van der Waals surface area (Å²) in [5.74, 6) is 0.359. The largest absolute Gasteiger partial charge is 0.388 e. The van der Waals surface area contributed by atoms with E-state index in [0.29, 0.717) is 6.54 Å². The first-order valence-electron chi connectivity index (χ1n) is 6.11. The molecule has 0 bridgehead atoms. The molecule has 1 fully saturated rings. The molecule has 0 aromatic rings. The van der Waals surface area contributed by atoms with Crippen molar-refractivity contribution >= 4 is 5.91 Å². The van der Waals surface area contributed by atoms with Crippen LogP contribution in [0.2, 0.25) is 0 Å². The molecule has 1 aliphatic rings. The van der Waals surface area contributed by atoms with E-state index in [1.54, 1.807) is 0 Å². The van der Waals surface area contributed by atoms with Gasteiger partial charge in [-0.15, -0.1) is 0 Å². The molecule has 3 heteroatoms. The summed E-state index contributed by atoms with van der Waals surface area (Å²) >= 11 is 0. The second-order valence-electron chi connectivity index (χ2n) is 4.72. The van der Waals surface area contributed by atoms with Gasteiger partial charge in [-0.2, -0.15) is 0 Å². The molecule has 0 aromatic heterocycles. The second-order valence-corrected chi connectivity index (χ2v) is 4.72. The molecule has 0 atom stereocenters. The van der Waals surface area contributed by atoms with E-state index in [1.165, 1.54) is 0 Å². The van der Waals surface area contributed by atoms with Gasteiger partial charge in [0.1, 0.15) is 0 Å². The summed E-state index contributed by atoms with van der Waals surface area (Å²) in [5, 5.41) is 13.1. The van der Waals surface area contributed by atoms with E-state index < -0.39 is 5.60 Å². The van der Waals surface area contributed by atoms with Gasteiger partial charge in [0.15, 0.2) is 0 Å². The number of amides is 1. The molecule has 0 aliphatic heterocycles. The third kappa shape index (κ3) is 4.20. The lowest BCUT2D eigenvalue weighted by atomic mass is 9.92. The fraction of sp³-hybridized carbons (Fsp3) is 0.917. The Morgan fingerprint density at radius 3 is 2.27 bits per heavy atom. The SMILES string of the molecule is CCCC(O)(CCC)CNC(=O)C1CC1. The zero-order chi connectivity index (χ0) is 11.3. The highest BCUT2D eigenvalue weighted by Crippen LogP contribution is 2.29. The quantitative estimate of drug-likeness (QED) is 0.678. The first-order chi connectivity index (χ1) is 7.11. The number of hydrogen-bond acceptors (Lipinski definition) is 2. The van der Waals surface area contributed by atoms with Gasteiger partial charge in [-0.05, 0) is 25.7 Å². The molecule has 0 heterocycles. The highest BCUT2D eigenvalue weighted by atomic mass is 16.3. The first-order valence-corrected chi connectivity index (χ1v) is 6.11. The van der Waals surface area contributed by atoms with Crippen LogP contribution in [0, 0.1) is 5.92 Å². The van der Waals surface area contributed by atoms with Crippen LogP contribution in [0.4, 0.5) is 0 Å². The van der Waals surface area contributed by atoms with Crippen molar-refractivity contribution in [3.8, 4) is 0 Å². The number of nitrogens with one attached hydrogen (secondary N) is 1. The monoisotopic (exact) mass is 213 g/mol. The predicted molar refractivity (Wildman–Crippen MR) is 60.5 cm³/mol. The van der Waals surface area contributed by atoms with E-state index >= 15 is 0 Å². The van der Waals surface area contributed by atoms with E-state index in [-0.39, 0.29) is 11.8 Å². The van der Waals surface area contributed by atoms with E-state index in [4.69, 9.17) is 0 Å². The normalized spacial score (nSPS) is 16.5. The fourth-order valence-electron chi connectivity index (χ4n) is 1.97. The molecule has 3 nitrogen and oxygen atoms in total. The van der Waals surface area contributed by atoms with Gasteiger partial charge in [-0.25, -0.2) is 0 Å². The summed E-state index contributed by atoms with van der Waals surface area (Å²) in [5.41, 5.74) is -0.686. The lowest BCUT2D eigenvalue weighted by Crippen LogP contribution is -2.43. The van der Waals surface area contributed by atoms with Gasteiger partial charge in [0.2, 0.25) is 5.91 Å². The lowest BCUT2D eigenvalue weighted by molar-refractivity contribution is -0.123. The average molecular weight is 213 g/mol. The van der Waals surface area contributed by atoms with Crippen LogP contribution in [-0.4, -0.2) is 23.2 Å². The highest BCUT2D eigenvalue weighted by Gasteiger charge is 2.32. The number of carbonyl (C=O) groups excluding carboxylic acids is 1. The van der Waals surface area contributed by atoms with Gasteiger partial charge in [0.05, 0.1) is 5.60 Å². The van der Waals surface area contributed by atoms with Crippen molar-refractivity contribution in [1.82, 2.24) is 5.32 Å². The first kappa shape index (κ1) is 12.5. The van der Waals surface area contributed by atoms with Crippen molar-refractivity contribution in [2.45, 2.75) is 58.0 Å². The van der Waals surface area contributed by atoms with E-state index in [2.05, 4.69) is 19.2 Å². The van der Waals surface area contributed by atoms with Gasteiger partial charge in [-0.3, -0.25) is 4.79 Å². The minimum atomic E-state index is -0.686. The van der Waals surface area contributed by atoms with E-state index in [1.807, 2.05) is 0 Å². The smallest absolute Gasteiger partial charge is 0.223 e. The molecule has 1 rings (SSSR count). The van der Waals surface area contributed by atoms with Crippen molar-refractivity contribution in [3.05, 3.63) is 0 Å². The molecule has 0 spiro atoms. The van der Waals surface area contributed by atoms with Gasteiger partial charge < -0.3 is 10.4 Å². The standard InChI is InChI=1S/C12H23NO2/c1-3-7-12(15,8-4-2)9-13-11(14)10-5-6-10/h10,15H,3-9H2,1-2H3,(H,13,14). The lowest BCUT2D eigenvalue weighted by Gasteiger charge is -2.27. The fourth-order valence-corrected chi connectivity index (χ4v) is 1.97. The molecule has 1 aliphatic carbocycles. The summed E-state index contributed by atoms with van der Waals surface area (Å²) in [6, 6.07) is 0. The van der Waals surface area contributed by atoms with Crippen LogP contribution in [0.5, 0.6) is 0 Å². The van der Waals surface area contributed by atoms with Crippen LogP contribution in [0.1, 0.15) is 52.4 Å². The Morgan fingerprint density at radius 1 is 1.33 bits per heavy atom. The Bertz CT molecular complexity index is 206. The Hall–Kier alpha value is -0.570. The Balaban J connectivity index is 2.32. The summed E-state index contributed by atoms with van der Waals surface area (Å²) < 4.78 is 0. The van der Waals surface area contributed by atoms with Crippen LogP contribution < -0.4 is 5.32 Å². The van der Waals surface area contributed by atoms with Crippen LogP contribution in [0.3, 0.4) is 0 Å². The van der Waals surface area contributed by atoms with E-state index in [9.17, 15) is 9.90 Å². The molecule has 15 heavy (non-hydrogen) atoms. The average Bonchev–Trinajstić information content (AvgIpc) is 2.98. The Labute approximate surface area is 92.3 Å². The molecule has 1 amide bonds. The Morgan fingerprint density at radius 2 is 1.87 bits per heavy atom. The summed E-state index contributed by atoms with van der Waals surface area (Å²) in [6.07, 6.45) is 5.49. The van der Waals surface area contributed by atoms with E-state index in [0.717, 1.165) is 38.5 Å². The maximum Gasteiger partial charge on any atom is 0.223 e. The maximum absolute atomic E-state index is 11.4. The van der Waals surface area contributed by atoms with Crippen LogP contribution in [0.15, 0.2) is 0 Å². The van der Waals surface area contributed by atoms with Crippen LogP contribution in [-0.2, 0) is 4.79 Å². The third-order valence-corrected chi connectivity index (χ3v) is 2.97. The van der Waals surface area contributed by atoms with Gasteiger partial charge in [0, 0.05) is 12.5 Å². The second kappa shape index (κ2) is 5.50. The van der Waals surface area contributed by atoms with Gasteiger partial charge >= 0.3 is 0 Å². The van der Waals surface area contributed by atoms with Crippen molar-refractivity contribution in [1.29, 1.82) is 0 Å². The molecule has 0 aromatic carbocycles. The maximum atomic E-state index is 11.4. The minimum Gasteiger partial charge on any atom is -0.388 e. The zero-order valence-electron chi connectivity index (χ0n) is 9.88. The number of rotatable bonds is 7. The Kier molecular flexibility index (Phi) is 4.58. The van der Waals surface area contributed by atoms with Crippen molar-refractivity contribution in [2.75, 3.05) is 6.54 Å². The van der Waals surface area contributed by atoms with Gasteiger partial charge in [-0.1, -0.05) is 26.7 Å². The summed E-state index contributed by atoms with van der Waals surface area (Å²) in [6.45, 7) is 4.54. The highest BCUT2D eigenvalue weighted by molar-refractivity contribution is 5.80. The molecule has 1 saturated carbocycles. The predicted octanol–water partition coefficient (Wildman–Crippen LogP) is 1.84. The molecular formula is C12H23NO2. The third-order valence-electron chi connectivity index (χ3n) is 2.97. The van der Waals surface area contributed by atoms with Crippen molar-refractivity contribution < 1.29 is 9.90 Å². The summed E-state index contributed by atoms with van der Waals surface area (Å²) in [7, 11) is 0. The molecule has 0 radical (unpaired) electrons. The molecule has 2 N–H and O–H groups in total. The van der Waals surface area contributed by atoms with Crippen molar-refractivity contribution in [2.24, 2.45) is 5.92 Å². The number of aliphatic hydroxyl groups is 1. The summed E-state index contributed by atoms with van der Waals surface area (Å²) in [4.78, 5) is 11.4. The topological polar surface area (TPSA) is 49.3 Å². The molecule has 0 unspecified atom stereocenters. The number of hydrogen-bond donors (Lipinski definition) is 2. The molecular weight excluding hydrogens is 190 g/mol.